The zero-order valence-corrected chi connectivity index (χ0v) is 14.7. The number of imidazole rings is 1. The molecule has 1 heterocycles. The Labute approximate surface area is 146 Å². The number of carbonyl (C=O) groups is 1. The molecule has 0 fully saturated rings. The molecule has 0 saturated heterocycles. The summed E-state index contributed by atoms with van der Waals surface area (Å²) in [6.07, 6.45) is 2.04. The van der Waals surface area contributed by atoms with E-state index in [0.717, 1.165) is 41.9 Å². The van der Waals surface area contributed by atoms with E-state index >= 15 is 0 Å². The lowest BCUT2D eigenvalue weighted by atomic mass is 10.2. The Hall–Kier alpha value is -1.30. The number of alkyl halides is 2. The fourth-order valence-corrected chi connectivity index (χ4v) is 3.00. The maximum absolute atomic E-state index is 10.6. The Bertz CT molecular complexity index is 653. The van der Waals surface area contributed by atoms with E-state index in [0.29, 0.717) is 24.6 Å². The van der Waals surface area contributed by atoms with Crippen LogP contribution >= 0.6 is 23.2 Å². The van der Waals surface area contributed by atoms with Crippen molar-refractivity contribution >= 4 is 46.2 Å². The van der Waals surface area contributed by atoms with Crippen LogP contribution in [-0.2, 0) is 18.3 Å². The first-order chi connectivity index (χ1) is 11.1. The summed E-state index contributed by atoms with van der Waals surface area (Å²) in [6.45, 7) is 1.49. The van der Waals surface area contributed by atoms with Crippen molar-refractivity contribution in [2.75, 3.05) is 29.7 Å². The van der Waals surface area contributed by atoms with E-state index in [2.05, 4.69) is 28.1 Å². The number of nitrogens with two attached hydrogens (primary N) is 1. The highest BCUT2D eigenvalue weighted by Gasteiger charge is 2.12. The monoisotopic (exact) mass is 356 g/mol. The molecule has 23 heavy (non-hydrogen) atoms. The molecule has 2 rings (SSSR count). The van der Waals surface area contributed by atoms with Crippen LogP contribution in [0.25, 0.3) is 11.0 Å². The van der Waals surface area contributed by atoms with E-state index in [-0.39, 0.29) is 0 Å². The van der Waals surface area contributed by atoms with Crippen LogP contribution in [0.1, 0.15) is 12.2 Å². The van der Waals surface area contributed by atoms with Crippen LogP contribution in [0.5, 0.6) is 0 Å². The lowest BCUT2D eigenvalue weighted by Crippen LogP contribution is -2.27. The molecule has 0 bridgehead atoms. The normalized spacial score (nSPS) is 12.5. The summed E-state index contributed by atoms with van der Waals surface area (Å²) in [4.78, 5) is 17.5. The van der Waals surface area contributed by atoms with Gasteiger partial charge in [0.05, 0.1) is 17.1 Å². The SMILES string of the molecule is Cn1c(CCC(N)C=O)nc2cc(N(CCCl)CCCl)ccc21. The number of carbonyl (C=O) groups excluding carboxylic acids is 1. The van der Waals surface area contributed by atoms with Gasteiger partial charge >= 0.3 is 0 Å². The molecule has 126 valence electrons. The number of fused-ring (bicyclic) bond motifs is 1. The van der Waals surface area contributed by atoms with E-state index in [1.54, 1.807) is 0 Å². The van der Waals surface area contributed by atoms with Gasteiger partial charge in [-0.3, -0.25) is 0 Å². The molecule has 1 aromatic heterocycles. The summed E-state index contributed by atoms with van der Waals surface area (Å²) in [5.41, 5.74) is 8.70. The van der Waals surface area contributed by atoms with Gasteiger partial charge in [-0.25, -0.2) is 4.98 Å². The van der Waals surface area contributed by atoms with Gasteiger partial charge in [-0.15, -0.1) is 23.2 Å². The number of aryl methyl sites for hydroxylation is 2. The minimum Gasteiger partial charge on any atom is -0.369 e. The van der Waals surface area contributed by atoms with E-state index in [1.807, 2.05) is 11.6 Å². The Morgan fingerprint density at radius 2 is 2.04 bits per heavy atom. The minimum absolute atomic E-state index is 0.437. The summed E-state index contributed by atoms with van der Waals surface area (Å²) in [5.74, 6) is 2.02. The molecular weight excluding hydrogens is 335 g/mol. The molecule has 0 spiro atoms. The molecule has 0 saturated carbocycles. The summed E-state index contributed by atoms with van der Waals surface area (Å²) >= 11 is 11.7. The average molecular weight is 357 g/mol. The van der Waals surface area contributed by atoms with E-state index < -0.39 is 6.04 Å². The number of hydrogen-bond donors (Lipinski definition) is 1. The summed E-state index contributed by atoms with van der Waals surface area (Å²) in [7, 11) is 1.98. The standard InChI is InChI=1S/C16H22Cl2N4O/c1-21-15-4-3-13(22(8-6-17)9-7-18)10-14(15)20-16(21)5-2-12(19)11-23/h3-4,10-12H,2,5-9,19H2,1H3. The third-order valence-electron chi connectivity index (χ3n) is 3.91. The Kier molecular flexibility index (Phi) is 6.69. The second-order valence-electron chi connectivity index (χ2n) is 5.46. The molecule has 0 aliphatic rings. The summed E-state index contributed by atoms with van der Waals surface area (Å²) in [5, 5.41) is 0. The van der Waals surface area contributed by atoms with Gasteiger partial charge < -0.3 is 20.0 Å². The minimum atomic E-state index is -0.437. The maximum Gasteiger partial charge on any atom is 0.136 e. The molecule has 2 aromatic rings. The smallest absolute Gasteiger partial charge is 0.136 e. The fraction of sp³-hybridized carbons (Fsp3) is 0.500. The molecule has 1 atom stereocenters. The van der Waals surface area contributed by atoms with E-state index in [9.17, 15) is 4.79 Å². The van der Waals surface area contributed by atoms with E-state index in [1.165, 1.54) is 0 Å². The number of anilines is 1. The predicted octanol–water partition coefficient (Wildman–Crippen LogP) is 2.32. The fourth-order valence-electron chi connectivity index (χ4n) is 2.60. The quantitative estimate of drug-likeness (QED) is 0.553. The number of aldehydes is 1. The van der Waals surface area contributed by atoms with E-state index in [4.69, 9.17) is 28.9 Å². The Morgan fingerprint density at radius 3 is 2.65 bits per heavy atom. The second-order valence-corrected chi connectivity index (χ2v) is 6.22. The van der Waals surface area contributed by atoms with Crippen molar-refractivity contribution < 1.29 is 4.79 Å². The molecule has 2 N–H and O–H groups in total. The molecule has 1 unspecified atom stereocenters. The second kappa shape index (κ2) is 8.52. The van der Waals surface area contributed by atoms with Gasteiger partial charge in [0.15, 0.2) is 0 Å². The van der Waals surface area contributed by atoms with Gasteiger partial charge in [0.2, 0.25) is 0 Å². The molecular formula is C16H22Cl2N4O. The third kappa shape index (κ3) is 4.37. The Morgan fingerprint density at radius 1 is 1.35 bits per heavy atom. The highest BCUT2D eigenvalue weighted by Crippen LogP contribution is 2.23. The molecule has 5 nitrogen and oxygen atoms in total. The summed E-state index contributed by atoms with van der Waals surface area (Å²) < 4.78 is 2.05. The number of aromatic nitrogens is 2. The van der Waals surface area contributed by atoms with Crippen LogP contribution in [-0.4, -0.2) is 46.7 Å². The van der Waals surface area contributed by atoms with Gasteiger partial charge in [-0.1, -0.05) is 0 Å². The van der Waals surface area contributed by atoms with Gasteiger partial charge in [-0.2, -0.15) is 0 Å². The van der Waals surface area contributed by atoms with Crippen molar-refractivity contribution in [1.29, 1.82) is 0 Å². The lowest BCUT2D eigenvalue weighted by molar-refractivity contribution is -0.109. The molecule has 0 aliphatic carbocycles. The summed E-state index contributed by atoms with van der Waals surface area (Å²) in [6, 6.07) is 5.73. The Balaban J connectivity index is 2.27. The number of benzene rings is 1. The lowest BCUT2D eigenvalue weighted by Gasteiger charge is -2.22. The van der Waals surface area contributed by atoms with Gasteiger partial charge in [0, 0.05) is 44.0 Å². The predicted molar refractivity (Wildman–Crippen MR) is 96.7 cm³/mol. The van der Waals surface area contributed by atoms with Crippen molar-refractivity contribution in [2.45, 2.75) is 18.9 Å². The first-order valence-electron chi connectivity index (χ1n) is 7.63. The number of rotatable bonds is 9. The van der Waals surface area contributed by atoms with Crippen LogP contribution in [0.3, 0.4) is 0 Å². The highest BCUT2D eigenvalue weighted by molar-refractivity contribution is 6.18. The van der Waals surface area contributed by atoms with Crippen molar-refractivity contribution in [3.63, 3.8) is 0 Å². The third-order valence-corrected chi connectivity index (χ3v) is 4.25. The largest absolute Gasteiger partial charge is 0.369 e. The van der Waals surface area contributed by atoms with Crippen LogP contribution in [0, 0.1) is 0 Å². The maximum atomic E-state index is 10.6. The van der Waals surface area contributed by atoms with Crippen LogP contribution in [0.2, 0.25) is 0 Å². The zero-order chi connectivity index (χ0) is 16.8. The number of nitrogens with zero attached hydrogens (tertiary/aromatic N) is 3. The molecule has 0 amide bonds. The first kappa shape index (κ1) is 18.0. The molecule has 7 heteroatoms. The van der Waals surface area contributed by atoms with Crippen molar-refractivity contribution in [2.24, 2.45) is 12.8 Å². The van der Waals surface area contributed by atoms with Crippen molar-refractivity contribution in [3.05, 3.63) is 24.0 Å². The molecule has 0 aliphatic heterocycles. The topological polar surface area (TPSA) is 64.1 Å². The van der Waals surface area contributed by atoms with Crippen molar-refractivity contribution in [1.82, 2.24) is 9.55 Å². The molecule has 0 radical (unpaired) electrons. The highest BCUT2D eigenvalue weighted by atomic mass is 35.5. The van der Waals surface area contributed by atoms with Gasteiger partial charge in [0.1, 0.15) is 12.1 Å². The average Bonchev–Trinajstić information content (AvgIpc) is 2.88. The number of halogens is 2. The van der Waals surface area contributed by atoms with Crippen molar-refractivity contribution in [3.8, 4) is 0 Å². The van der Waals surface area contributed by atoms with Gasteiger partial charge in [-0.05, 0) is 24.6 Å². The molecule has 1 aromatic carbocycles. The van der Waals surface area contributed by atoms with Crippen LogP contribution in [0.15, 0.2) is 18.2 Å². The number of hydrogen-bond acceptors (Lipinski definition) is 4. The van der Waals surface area contributed by atoms with Crippen LogP contribution < -0.4 is 10.6 Å². The van der Waals surface area contributed by atoms with Crippen LogP contribution in [0.4, 0.5) is 5.69 Å². The van der Waals surface area contributed by atoms with Gasteiger partial charge in [0.25, 0.3) is 0 Å². The zero-order valence-electron chi connectivity index (χ0n) is 13.2. The first-order valence-corrected chi connectivity index (χ1v) is 8.70.